The summed E-state index contributed by atoms with van der Waals surface area (Å²) in [5, 5.41) is 22.6. The number of carbonyl (C=O) groups is 8. The van der Waals surface area contributed by atoms with Crippen molar-refractivity contribution in [2.75, 3.05) is 33.2 Å². The third-order valence-corrected chi connectivity index (χ3v) is 12.7. The average Bonchev–Trinajstić information content (AvgIpc) is 3.88. The van der Waals surface area contributed by atoms with Crippen LogP contribution in [0.15, 0.2) is 77.9 Å². The summed E-state index contributed by atoms with van der Waals surface area (Å²) in [6.07, 6.45) is 4.19. The predicted molar refractivity (Wildman–Crippen MR) is 259 cm³/mol. The van der Waals surface area contributed by atoms with Crippen LogP contribution in [-0.2, 0) is 46.4 Å². The van der Waals surface area contributed by atoms with Crippen LogP contribution >= 0.6 is 0 Å². The molecule has 0 aliphatic carbocycles. The van der Waals surface area contributed by atoms with Gasteiger partial charge in [-0.25, -0.2) is 9.69 Å². The van der Waals surface area contributed by atoms with Crippen molar-refractivity contribution >= 4 is 75.4 Å². The van der Waals surface area contributed by atoms with Crippen LogP contribution in [0, 0.1) is 0 Å². The average molecular weight is 950 g/mol. The number of para-hydroxylation sites is 1. The first-order valence-electron chi connectivity index (χ1n) is 23.3. The zero-order chi connectivity index (χ0) is 49.5. The Bertz CT molecular complexity index is 2540. The standard InChI is InChI=1S/C48H63N13O8/c1-52-37(14-8-20-55-46(50)51)42(65)59-38(25-32-27-56-35-12-5-4-11-34(32)35)43(66)58-36(41(49)64)13-6-7-19-54-40(63)26-39-44(67)61(47(69)60-39)48(17-21-53-22-18-48)45(68)57-33(28-62)24-29-15-16-30-9-2-3-10-31(30)23-29/h2-5,9-12,15-16,23,27-28,33,36-39,52-53,56H,6-8,13-14,17-22,24-26H2,1H3,(H2,49,64)(H,54,63)(H,57,68)(H,58,66)(H,59,65)(H,60,69)(H4,50,51,55). The minimum atomic E-state index is -1.60. The Labute approximate surface area is 399 Å². The van der Waals surface area contributed by atoms with Crippen LogP contribution in [0.2, 0.25) is 0 Å². The van der Waals surface area contributed by atoms with E-state index in [0.29, 0.717) is 51.6 Å². The second-order valence-corrected chi connectivity index (χ2v) is 17.5. The molecule has 2 fully saturated rings. The number of nitrogens with zero attached hydrogens (tertiary/aromatic N) is 2. The number of likely N-dealkylation sites (N-methyl/N-ethyl adjacent to an activating group) is 1. The molecule has 1 aromatic heterocycles. The molecule has 2 aliphatic rings. The minimum Gasteiger partial charge on any atom is -0.370 e. The van der Waals surface area contributed by atoms with Crippen LogP contribution in [0.3, 0.4) is 0 Å². The van der Waals surface area contributed by atoms with Crippen LogP contribution in [0.4, 0.5) is 4.79 Å². The van der Waals surface area contributed by atoms with Crippen LogP contribution in [0.5, 0.6) is 0 Å². The Balaban J connectivity index is 1.01. The Morgan fingerprint density at radius 3 is 2.26 bits per heavy atom. The van der Waals surface area contributed by atoms with Gasteiger partial charge in [0.2, 0.25) is 29.5 Å². The molecule has 0 radical (unpaired) electrons. The number of guanidine groups is 1. The van der Waals surface area contributed by atoms with Crippen molar-refractivity contribution in [1.82, 2.24) is 47.1 Å². The number of fused-ring (bicyclic) bond motifs is 2. The SMILES string of the molecule is CNC(CCCN=C(N)N)C(=O)NC(Cc1c[nH]c2ccccc12)C(=O)NC(CCCCNC(=O)CC1NC(=O)N(C2(C(=O)NC(C=O)Cc3ccc4ccccc4c3)CCNCC2)C1=O)C(N)=O. The molecule has 3 heterocycles. The number of aliphatic imine (C=N–C) groups is 1. The van der Waals surface area contributed by atoms with Crippen LogP contribution in [0.1, 0.15) is 62.5 Å². The first-order chi connectivity index (χ1) is 33.2. The number of H-pyrrole nitrogens is 1. The Morgan fingerprint density at radius 2 is 1.54 bits per heavy atom. The van der Waals surface area contributed by atoms with Crippen LogP contribution in [-0.4, -0.2) is 133 Å². The smallest absolute Gasteiger partial charge is 0.325 e. The largest absolute Gasteiger partial charge is 0.370 e. The second-order valence-electron chi connectivity index (χ2n) is 17.5. The number of nitrogens with two attached hydrogens (primary N) is 3. The van der Waals surface area contributed by atoms with Gasteiger partial charge in [-0.1, -0.05) is 60.7 Å². The number of imide groups is 1. The molecule has 69 heavy (non-hydrogen) atoms. The fourth-order valence-electron chi connectivity index (χ4n) is 8.95. The third kappa shape index (κ3) is 13.2. The van der Waals surface area contributed by atoms with Gasteiger partial charge in [0.25, 0.3) is 5.91 Å². The quantitative estimate of drug-likeness (QED) is 0.0133. The lowest BCUT2D eigenvalue weighted by atomic mass is 9.84. The topological polar surface area (TPSA) is 330 Å². The number of urea groups is 1. The molecule has 2 aliphatic heterocycles. The zero-order valence-corrected chi connectivity index (χ0v) is 38.7. The number of hydrogen-bond donors (Lipinski definition) is 11. The van der Waals surface area contributed by atoms with Crippen molar-refractivity contribution in [2.45, 2.75) is 100.0 Å². The number of rotatable bonds is 25. The molecule has 4 aromatic rings. The van der Waals surface area contributed by atoms with Crippen molar-refractivity contribution in [3.05, 3.63) is 84.1 Å². The van der Waals surface area contributed by atoms with Crippen molar-refractivity contribution in [1.29, 1.82) is 0 Å². The first-order valence-corrected chi connectivity index (χ1v) is 23.3. The molecule has 5 unspecified atom stereocenters. The molecule has 14 N–H and O–H groups in total. The molecular formula is C48H63N13O8. The maximum absolute atomic E-state index is 14.1. The Kier molecular flexibility index (Phi) is 17.8. The van der Waals surface area contributed by atoms with Crippen molar-refractivity contribution in [3.8, 4) is 0 Å². The number of piperidine rings is 1. The number of aldehydes is 1. The lowest BCUT2D eigenvalue weighted by Gasteiger charge is -2.41. The number of amides is 8. The van der Waals surface area contributed by atoms with Crippen molar-refractivity contribution < 1.29 is 38.4 Å². The van der Waals surface area contributed by atoms with Crippen LogP contribution in [0.25, 0.3) is 21.7 Å². The number of benzene rings is 3. The van der Waals surface area contributed by atoms with Gasteiger partial charge in [-0.15, -0.1) is 0 Å². The van der Waals surface area contributed by atoms with Crippen molar-refractivity contribution in [3.63, 3.8) is 0 Å². The molecule has 21 heteroatoms. The fourth-order valence-corrected chi connectivity index (χ4v) is 8.95. The minimum absolute atomic E-state index is 0.0581. The number of unbranched alkanes of at least 4 members (excludes halogenated alkanes) is 1. The van der Waals surface area contributed by atoms with Gasteiger partial charge in [0.15, 0.2) is 5.96 Å². The van der Waals surface area contributed by atoms with E-state index in [1.807, 2.05) is 66.7 Å². The lowest BCUT2D eigenvalue weighted by molar-refractivity contribution is -0.145. The summed E-state index contributed by atoms with van der Waals surface area (Å²) in [5.41, 5.74) is 17.4. The van der Waals surface area contributed by atoms with Gasteiger partial charge in [0, 0.05) is 36.6 Å². The van der Waals surface area contributed by atoms with Gasteiger partial charge >= 0.3 is 6.03 Å². The molecular weight excluding hydrogens is 887 g/mol. The van der Waals surface area contributed by atoms with Crippen molar-refractivity contribution in [2.24, 2.45) is 22.2 Å². The van der Waals surface area contributed by atoms with Gasteiger partial charge in [-0.2, -0.15) is 0 Å². The molecule has 21 nitrogen and oxygen atoms in total. The molecule has 0 saturated carbocycles. The molecule has 6 rings (SSSR count). The molecule has 0 spiro atoms. The highest BCUT2D eigenvalue weighted by molar-refractivity contribution is 6.10. The van der Waals surface area contributed by atoms with E-state index in [4.69, 9.17) is 17.2 Å². The van der Waals surface area contributed by atoms with E-state index >= 15 is 0 Å². The summed E-state index contributed by atoms with van der Waals surface area (Å²) in [6.45, 7) is 1.10. The van der Waals surface area contributed by atoms with Gasteiger partial charge < -0.3 is 64.2 Å². The van der Waals surface area contributed by atoms with E-state index in [1.165, 1.54) is 0 Å². The molecule has 2 saturated heterocycles. The highest BCUT2D eigenvalue weighted by atomic mass is 16.2. The van der Waals surface area contributed by atoms with E-state index in [9.17, 15) is 38.4 Å². The Morgan fingerprint density at radius 1 is 0.841 bits per heavy atom. The second kappa shape index (κ2) is 24.1. The number of aromatic nitrogens is 1. The summed E-state index contributed by atoms with van der Waals surface area (Å²) in [7, 11) is 1.62. The summed E-state index contributed by atoms with van der Waals surface area (Å²) in [5.74, 6) is -3.80. The van der Waals surface area contributed by atoms with Crippen LogP contribution < -0.4 is 54.4 Å². The van der Waals surface area contributed by atoms with Gasteiger partial charge in [-0.3, -0.25) is 33.8 Å². The summed E-state index contributed by atoms with van der Waals surface area (Å²) >= 11 is 0. The highest BCUT2D eigenvalue weighted by Gasteiger charge is 2.55. The van der Waals surface area contributed by atoms with E-state index in [-0.39, 0.29) is 44.6 Å². The maximum Gasteiger partial charge on any atom is 0.325 e. The first kappa shape index (κ1) is 51.0. The molecule has 8 amide bonds. The molecule has 5 atom stereocenters. The summed E-state index contributed by atoms with van der Waals surface area (Å²) in [6, 6.07) is 15.2. The molecule has 368 valence electrons. The molecule has 3 aromatic carbocycles. The van der Waals surface area contributed by atoms with E-state index < -0.39 is 83.6 Å². The van der Waals surface area contributed by atoms with E-state index in [1.54, 1.807) is 13.2 Å². The number of primary amides is 1. The fraction of sp³-hybridized carbons (Fsp3) is 0.438. The third-order valence-electron chi connectivity index (χ3n) is 12.7. The zero-order valence-electron chi connectivity index (χ0n) is 38.7. The number of nitrogens with one attached hydrogen (secondary N) is 8. The summed E-state index contributed by atoms with van der Waals surface area (Å²) < 4.78 is 0. The van der Waals surface area contributed by atoms with Gasteiger partial charge in [0.05, 0.1) is 18.5 Å². The summed E-state index contributed by atoms with van der Waals surface area (Å²) in [4.78, 5) is 115. The number of hydrogen-bond acceptors (Lipinski definition) is 11. The van der Waals surface area contributed by atoms with E-state index in [2.05, 4.69) is 47.2 Å². The lowest BCUT2D eigenvalue weighted by Crippen LogP contribution is -2.66. The van der Waals surface area contributed by atoms with Gasteiger partial charge in [0.1, 0.15) is 30.0 Å². The number of carbonyl (C=O) groups excluding carboxylic acids is 8. The Hall–Kier alpha value is -7.39. The number of aromatic amines is 1. The highest BCUT2D eigenvalue weighted by Crippen LogP contribution is 2.31. The maximum atomic E-state index is 14.1. The van der Waals surface area contributed by atoms with E-state index in [0.717, 1.165) is 37.7 Å². The predicted octanol–water partition coefficient (Wildman–Crippen LogP) is -0.394. The monoisotopic (exact) mass is 949 g/mol. The van der Waals surface area contributed by atoms with Gasteiger partial charge in [-0.05, 0) is 99.5 Å². The normalized spacial score (nSPS) is 17.2. The molecule has 0 bridgehead atoms.